The van der Waals surface area contributed by atoms with Crippen molar-refractivity contribution in [1.29, 1.82) is 0 Å². The Labute approximate surface area is 111 Å². The van der Waals surface area contributed by atoms with E-state index in [1.807, 2.05) is 0 Å². The van der Waals surface area contributed by atoms with Gasteiger partial charge in [0.25, 0.3) is 0 Å². The summed E-state index contributed by atoms with van der Waals surface area (Å²) in [5.74, 6) is 0.689. The Hall–Kier alpha value is -2.14. The Bertz CT molecular complexity index is 657. The summed E-state index contributed by atoms with van der Waals surface area (Å²) in [4.78, 5) is 4.06. The van der Waals surface area contributed by atoms with Gasteiger partial charge in [-0.1, -0.05) is 24.2 Å². The number of aromatic nitrogens is 3. The number of benzene rings is 1. The van der Waals surface area contributed by atoms with Crippen LogP contribution >= 0.6 is 0 Å². The maximum atomic E-state index is 4.77. The molecule has 0 atom stereocenters. The molecular formula is C14H16N4O. The third-order valence-corrected chi connectivity index (χ3v) is 3.19. The van der Waals surface area contributed by atoms with Gasteiger partial charge in [0.15, 0.2) is 5.82 Å². The monoisotopic (exact) mass is 256 g/mol. The van der Waals surface area contributed by atoms with Crippen LogP contribution in [0.5, 0.6) is 0 Å². The van der Waals surface area contributed by atoms with Crippen LogP contribution in [-0.2, 0) is 13.1 Å². The van der Waals surface area contributed by atoms with Crippen LogP contribution in [-0.4, -0.2) is 21.3 Å². The van der Waals surface area contributed by atoms with Crippen LogP contribution in [0.1, 0.15) is 18.3 Å². The van der Waals surface area contributed by atoms with E-state index in [9.17, 15) is 0 Å². The van der Waals surface area contributed by atoms with Gasteiger partial charge in [-0.05, 0) is 24.2 Å². The molecule has 1 N–H and O–H groups in total. The Morgan fingerprint density at radius 3 is 3.05 bits per heavy atom. The SMILES string of the molecule is CCNCc1cccc2c1ccn2Cc1ncon1. The highest BCUT2D eigenvalue weighted by atomic mass is 16.5. The van der Waals surface area contributed by atoms with Crippen molar-refractivity contribution < 1.29 is 4.52 Å². The zero-order chi connectivity index (χ0) is 13.1. The molecule has 0 bridgehead atoms. The molecule has 1 aromatic carbocycles. The highest BCUT2D eigenvalue weighted by Crippen LogP contribution is 2.20. The van der Waals surface area contributed by atoms with E-state index >= 15 is 0 Å². The van der Waals surface area contributed by atoms with Gasteiger partial charge >= 0.3 is 0 Å². The van der Waals surface area contributed by atoms with E-state index in [-0.39, 0.29) is 0 Å². The second kappa shape index (κ2) is 5.24. The van der Waals surface area contributed by atoms with Crippen molar-refractivity contribution in [2.45, 2.75) is 20.0 Å². The van der Waals surface area contributed by atoms with Gasteiger partial charge in [0.2, 0.25) is 6.39 Å². The number of hydrogen-bond acceptors (Lipinski definition) is 4. The second-order valence-corrected chi connectivity index (χ2v) is 4.42. The zero-order valence-electron chi connectivity index (χ0n) is 10.8. The molecule has 0 amide bonds. The highest BCUT2D eigenvalue weighted by Gasteiger charge is 2.07. The minimum atomic E-state index is 0.630. The molecule has 3 rings (SSSR count). The highest BCUT2D eigenvalue weighted by molar-refractivity contribution is 5.83. The third kappa shape index (κ3) is 2.37. The Morgan fingerprint density at radius 1 is 1.32 bits per heavy atom. The maximum absolute atomic E-state index is 4.77. The summed E-state index contributed by atoms with van der Waals surface area (Å²) < 4.78 is 6.90. The van der Waals surface area contributed by atoms with Gasteiger partial charge in [-0.2, -0.15) is 4.98 Å². The summed E-state index contributed by atoms with van der Waals surface area (Å²) in [6.45, 7) is 4.60. The summed E-state index contributed by atoms with van der Waals surface area (Å²) in [6, 6.07) is 8.50. The molecule has 5 nitrogen and oxygen atoms in total. The maximum Gasteiger partial charge on any atom is 0.213 e. The first-order chi connectivity index (χ1) is 9.38. The number of fused-ring (bicyclic) bond motifs is 1. The molecule has 0 unspecified atom stereocenters. The first-order valence-corrected chi connectivity index (χ1v) is 6.41. The van der Waals surface area contributed by atoms with Crippen LogP contribution in [0.25, 0.3) is 10.9 Å². The second-order valence-electron chi connectivity index (χ2n) is 4.42. The standard InChI is InChI=1S/C14H16N4O/c1-2-15-8-11-4-3-5-13-12(11)6-7-18(13)9-14-16-10-19-17-14/h3-7,10,15H,2,8-9H2,1H3. The van der Waals surface area contributed by atoms with Gasteiger partial charge in [0, 0.05) is 23.6 Å². The van der Waals surface area contributed by atoms with Crippen LogP contribution in [0.3, 0.4) is 0 Å². The van der Waals surface area contributed by atoms with Crippen molar-refractivity contribution in [1.82, 2.24) is 20.0 Å². The van der Waals surface area contributed by atoms with Crippen LogP contribution < -0.4 is 5.32 Å². The molecule has 3 aromatic rings. The molecule has 98 valence electrons. The van der Waals surface area contributed by atoms with Crippen molar-refractivity contribution in [3.05, 3.63) is 48.2 Å². The fourth-order valence-corrected chi connectivity index (χ4v) is 2.25. The molecular weight excluding hydrogens is 240 g/mol. The molecule has 0 aliphatic heterocycles. The zero-order valence-corrected chi connectivity index (χ0v) is 10.8. The summed E-state index contributed by atoms with van der Waals surface area (Å²) in [5.41, 5.74) is 2.51. The minimum Gasteiger partial charge on any atom is -0.343 e. The van der Waals surface area contributed by atoms with Gasteiger partial charge in [0.05, 0.1) is 6.54 Å². The molecule has 0 aliphatic carbocycles. The molecule has 0 fully saturated rings. The first kappa shape index (κ1) is 11.9. The first-order valence-electron chi connectivity index (χ1n) is 6.41. The van der Waals surface area contributed by atoms with Gasteiger partial charge < -0.3 is 14.4 Å². The van der Waals surface area contributed by atoms with Crippen LogP contribution in [0.2, 0.25) is 0 Å². The smallest absolute Gasteiger partial charge is 0.213 e. The Balaban J connectivity index is 1.94. The lowest BCUT2D eigenvalue weighted by Gasteiger charge is -2.06. The van der Waals surface area contributed by atoms with Gasteiger partial charge in [-0.3, -0.25) is 0 Å². The fourth-order valence-electron chi connectivity index (χ4n) is 2.25. The Morgan fingerprint density at radius 2 is 2.26 bits per heavy atom. The van der Waals surface area contributed by atoms with Crippen LogP contribution in [0.4, 0.5) is 0 Å². The van der Waals surface area contributed by atoms with Crippen molar-refractivity contribution >= 4 is 10.9 Å². The topological polar surface area (TPSA) is 55.9 Å². The Kier molecular flexibility index (Phi) is 3.29. The molecule has 2 aromatic heterocycles. The molecule has 0 aliphatic rings. The van der Waals surface area contributed by atoms with Gasteiger partial charge in [0.1, 0.15) is 0 Å². The molecule has 0 spiro atoms. The molecule has 2 heterocycles. The third-order valence-electron chi connectivity index (χ3n) is 3.19. The van der Waals surface area contributed by atoms with E-state index in [0.717, 1.165) is 13.1 Å². The minimum absolute atomic E-state index is 0.630. The molecule has 0 saturated heterocycles. The van der Waals surface area contributed by atoms with Crippen molar-refractivity contribution in [2.75, 3.05) is 6.54 Å². The number of hydrogen-bond donors (Lipinski definition) is 1. The van der Waals surface area contributed by atoms with Crippen molar-refractivity contribution in [3.63, 3.8) is 0 Å². The van der Waals surface area contributed by atoms with Gasteiger partial charge in [-0.25, -0.2) is 0 Å². The molecule has 19 heavy (non-hydrogen) atoms. The average molecular weight is 256 g/mol. The average Bonchev–Trinajstić information content (AvgIpc) is 3.07. The summed E-state index contributed by atoms with van der Waals surface area (Å²) in [6.07, 6.45) is 3.42. The van der Waals surface area contributed by atoms with Gasteiger partial charge in [-0.15, -0.1) is 0 Å². The summed E-state index contributed by atoms with van der Waals surface area (Å²) in [7, 11) is 0. The van der Waals surface area contributed by atoms with Crippen LogP contribution in [0.15, 0.2) is 41.4 Å². The number of rotatable bonds is 5. The largest absolute Gasteiger partial charge is 0.343 e. The lowest BCUT2D eigenvalue weighted by molar-refractivity contribution is 0.408. The summed E-state index contributed by atoms with van der Waals surface area (Å²) >= 11 is 0. The number of nitrogens with one attached hydrogen (secondary N) is 1. The van der Waals surface area contributed by atoms with E-state index in [2.05, 4.69) is 57.4 Å². The van der Waals surface area contributed by atoms with E-state index < -0.39 is 0 Å². The van der Waals surface area contributed by atoms with E-state index in [1.54, 1.807) is 0 Å². The number of nitrogens with zero attached hydrogens (tertiary/aromatic N) is 3. The quantitative estimate of drug-likeness (QED) is 0.760. The lowest BCUT2D eigenvalue weighted by Crippen LogP contribution is -2.11. The molecule has 0 radical (unpaired) electrons. The van der Waals surface area contributed by atoms with E-state index in [4.69, 9.17) is 4.52 Å². The van der Waals surface area contributed by atoms with Crippen LogP contribution in [0, 0.1) is 0 Å². The predicted octanol–water partition coefficient (Wildman–Crippen LogP) is 2.18. The van der Waals surface area contributed by atoms with Crippen molar-refractivity contribution in [3.8, 4) is 0 Å². The molecule has 5 heteroatoms. The normalized spacial score (nSPS) is 11.2. The van der Waals surface area contributed by atoms with Crippen molar-refractivity contribution in [2.24, 2.45) is 0 Å². The fraction of sp³-hybridized carbons (Fsp3) is 0.286. The van der Waals surface area contributed by atoms with E-state index in [1.165, 1.54) is 22.9 Å². The lowest BCUT2D eigenvalue weighted by atomic mass is 10.1. The summed E-state index contributed by atoms with van der Waals surface area (Å²) in [5, 5.41) is 8.48. The van der Waals surface area contributed by atoms with E-state index in [0.29, 0.717) is 12.4 Å². The predicted molar refractivity (Wildman–Crippen MR) is 72.7 cm³/mol. The molecule has 0 saturated carbocycles.